The molecular formula is C18H16ClNO2S. The summed E-state index contributed by atoms with van der Waals surface area (Å²) in [6.45, 7) is 0. The van der Waals surface area contributed by atoms with Crippen molar-refractivity contribution in [2.45, 2.75) is 17.7 Å². The molecule has 0 saturated carbocycles. The lowest BCUT2D eigenvalue weighted by Crippen LogP contribution is -2.09. The summed E-state index contributed by atoms with van der Waals surface area (Å²) in [4.78, 5) is 15.3. The Morgan fingerprint density at radius 2 is 1.91 bits per heavy atom. The van der Waals surface area contributed by atoms with Crippen LogP contribution in [0.25, 0.3) is 10.9 Å². The highest BCUT2D eigenvalue weighted by molar-refractivity contribution is 7.99. The monoisotopic (exact) mass is 345 g/mol. The first-order chi connectivity index (χ1) is 11.1. The quantitative estimate of drug-likeness (QED) is 0.524. The molecule has 0 spiro atoms. The Bertz CT molecular complexity index is 877. The van der Waals surface area contributed by atoms with Crippen LogP contribution < -0.4 is 5.56 Å². The minimum absolute atomic E-state index is 0.0325. The van der Waals surface area contributed by atoms with Crippen molar-refractivity contribution >= 4 is 34.3 Å². The van der Waals surface area contributed by atoms with E-state index < -0.39 is 0 Å². The number of aromatic hydroxyl groups is 1. The molecule has 3 rings (SSSR count). The number of benzene rings is 2. The van der Waals surface area contributed by atoms with Crippen LogP contribution in [0.3, 0.4) is 0 Å². The highest BCUT2D eigenvalue weighted by atomic mass is 35.5. The first kappa shape index (κ1) is 16.0. The molecule has 2 aromatic carbocycles. The van der Waals surface area contributed by atoms with Crippen molar-refractivity contribution in [1.82, 2.24) is 4.98 Å². The van der Waals surface area contributed by atoms with Gasteiger partial charge in [-0.15, -0.1) is 11.8 Å². The lowest BCUT2D eigenvalue weighted by molar-refractivity contribution is 0.467. The molecule has 0 aliphatic heterocycles. The van der Waals surface area contributed by atoms with Crippen molar-refractivity contribution in [3.63, 3.8) is 0 Å². The summed E-state index contributed by atoms with van der Waals surface area (Å²) >= 11 is 7.30. The molecule has 0 aliphatic carbocycles. The van der Waals surface area contributed by atoms with E-state index in [1.165, 1.54) is 17.3 Å². The van der Waals surface area contributed by atoms with Crippen LogP contribution in [0.4, 0.5) is 0 Å². The average Bonchev–Trinajstić information content (AvgIpc) is 2.54. The van der Waals surface area contributed by atoms with Crippen molar-refractivity contribution in [2.75, 3.05) is 5.75 Å². The number of pyridine rings is 1. The van der Waals surface area contributed by atoms with Gasteiger partial charge in [-0.1, -0.05) is 41.9 Å². The van der Waals surface area contributed by atoms with Crippen molar-refractivity contribution in [3.8, 4) is 5.75 Å². The Morgan fingerprint density at radius 1 is 1.13 bits per heavy atom. The summed E-state index contributed by atoms with van der Waals surface area (Å²) in [7, 11) is 0. The van der Waals surface area contributed by atoms with E-state index in [1.807, 2.05) is 18.2 Å². The lowest BCUT2D eigenvalue weighted by atomic mass is 10.1. The van der Waals surface area contributed by atoms with E-state index in [-0.39, 0.29) is 11.3 Å². The first-order valence-corrected chi connectivity index (χ1v) is 8.73. The Hall–Kier alpha value is -1.91. The maximum Gasteiger partial charge on any atom is 0.265 e. The fraction of sp³-hybridized carbons (Fsp3) is 0.167. The number of halogens is 1. The van der Waals surface area contributed by atoms with E-state index in [0.717, 1.165) is 18.6 Å². The molecule has 0 amide bonds. The van der Waals surface area contributed by atoms with Gasteiger partial charge in [-0.25, -0.2) is 0 Å². The normalized spacial score (nSPS) is 11.0. The van der Waals surface area contributed by atoms with Crippen LogP contribution in [0.2, 0.25) is 5.02 Å². The topological polar surface area (TPSA) is 53.1 Å². The van der Waals surface area contributed by atoms with Gasteiger partial charge in [0.25, 0.3) is 5.56 Å². The zero-order valence-corrected chi connectivity index (χ0v) is 14.0. The smallest absolute Gasteiger partial charge is 0.265 e. The zero-order valence-electron chi connectivity index (χ0n) is 12.4. The Morgan fingerprint density at radius 3 is 2.70 bits per heavy atom. The number of aromatic nitrogens is 1. The number of thioether (sulfide) groups is 1. The van der Waals surface area contributed by atoms with Gasteiger partial charge in [0.1, 0.15) is 10.6 Å². The van der Waals surface area contributed by atoms with Crippen LogP contribution in [0.1, 0.15) is 12.0 Å². The van der Waals surface area contributed by atoms with Gasteiger partial charge in [0, 0.05) is 10.4 Å². The summed E-state index contributed by atoms with van der Waals surface area (Å²) in [5, 5.41) is 11.5. The van der Waals surface area contributed by atoms with E-state index >= 15 is 0 Å². The minimum atomic E-state index is -0.276. The van der Waals surface area contributed by atoms with Gasteiger partial charge in [0.05, 0.1) is 5.52 Å². The van der Waals surface area contributed by atoms with Crippen molar-refractivity contribution in [3.05, 3.63) is 69.5 Å². The maximum absolute atomic E-state index is 12.2. The van der Waals surface area contributed by atoms with Gasteiger partial charge in [-0.3, -0.25) is 4.79 Å². The number of aryl methyl sites for hydroxylation is 1. The van der Waals surface area contributed by atoms with Gasteiger partial charge < -0.3 is 10.1 Å². The third-order valence-corrected chi connectivity index (χ3v) is 5.00. The molecule has 23 heavy (non-hydrogen) atoms. The lowest BCUT2D eigenvalue weighted by Gasteiger charge is -2.07. The average molecular weight is 346 g/mol. The molecule has 3 nitrogen and oxygen atoms in total. The number of nitrogens with one attached hydrogen (secondary N) is 1. The summed E-state index contributed by atoms with van der Waals surface area (Å²) in [6, 6.07) is 15.3. The summed E-state index contributed by atoms with van der Waals surface area (Å²) in [5.41, 5.74) is 1.55. The Kier molecular flexibility index (Phi) is 4.94. The van der Waals surface area contributed by atoms with Gasteiger partial charge in [0.15, 0.2) is 0 Å². The SMILES string of the molecule is O=c1[nH]c2cc(Cl)ccc2c(O)c1SCCCc1ccccc1. The molecule has 1 aromatic heterocycles. The number of H-pyrrole nitrogens is 1. The number of fused-ring (bicyclic) bond motifs is 1. The molecule has 5 heteroatoms. The number of hydrogen-bond donors (Lipinski definition) is 2. The highest BCUT2D eigenvalue weighted by Crippen LogP contribution is 2.32. The second-order valence-electron chi connectivity index (χ2n) is 5.26. The molecule has 2 N–H and O–H groups in total. The largest absolute Gasteiger partial charge is 0.506 e. The fourth-order valence-corrected chi connectivity index (χ4v) is 3.56. The first-order valence-electron chi connectivity index (χ1n) is 7.36. The zero-order chi connectivity index (χ0) is 16.2. The second-order valence-corrected chi connectivity index (χ2v) is 6.80. The predicted molar refractivity (Wildman–Crippen MR) is 96.7 cm³/mol. The Labute approximate surface area is 143 Å². The van der Waals surface area contributed by atoms with E-state index in [1.54, 1.807) is 18.2 Å². The van der Waals surface area contributed by atoms with Crippen molar-refractivity contribution in [2.24, 2.45) is 0 Å². The molecular weight excluding hydrogens is 330 g/mol. The van der Waals surface area contributed by atoms with Gasteiger partial charge in [-0.2, -0.15) is 0 Å². The molecule has 0 radical (unpaired) electrons. The standard InChI is InChI=1S/C18H16ClNO2S/c19-13-8-9-14-15(11-13)20-18(22)17(16(14)21)23-10-4-7-12-5-2-1-3-6-12/h1-3,5-6,8-9,11H,4,7,10H2,(H2,20,21,22). The van der Waals surface area contributed by atoms with Gasteiger partial charge in [-0.05, 0) is 42.4 Å². The van der Waals surface area contributed by atoms with Crippen molar-refractivity contribution in [1.29, 1.82) is 0 Å². The minimum Gasteiger partial charge on any atom is -0.506 e. The molecule has 0 unspecified atom stereocenters. The van der Waals surface area contributed by atoms with Crippen LogP contribution in [0.15, 0.2) is 58.2 Å². The molecule has 0 aliphatic rings. The van der Waals surface area contributed by atoms with Crippen LogP contribution in [-0.4, -0.2) is 15.8 Å². The number of aromatic amines is 1. The molecule has 118 valence electrons. The molecule has 1 heterocycles. The fourth-order valence-electron chi connectivity index (χ4n) is 2.46. The van der Waals surface area contributed by atoms with E-state index in [4.69, 9.17) is 11.6 Å². The molecule has 0 fully saturated rings. The van der Waals surface area contributed by atoms with Crippen LogP contribution in [0.5, 0.6) is 5.75 Å². The second kappa shape index (κ2) is 7.11. The third-order valence-electron chi connectivity index (χ3n) is 3.61. The maximum atomic E-state index is 12.2. The van der Waals surface area contributed by atoms with E-state index in [2.05, 4.69) is 17.1 Å². The van der Waals surface area contributed by atoms with E-state index in [0.29, 0.717) is 20.8 Å². The van der Waals surface area contributed by atoms with Crippen LogP contribution in [0, 0.1) is 0 Å². The predicted octanol–water partition coefficient (Wildman–Crippen LogP) is 4.61. The number of rotatable bonds is 5. The highest BCUT2D eigenvalue weighted by Gasteiger charge is 2.12. The third kappa shape index (κ3) is 3.71. The van der Waals surface area contributed by atoms with Gasteiger partial charge in [0.2, 0.25) is 0 Å². The number of hydrogen-bond acceptors (Lipinski definition) is 3. The Balaban J connectivity index is 1.73. The molecule has 3 aromatic rings. The summed E-state index contributed by atoms with van der Waals surface area (Å²) < 4.78 is 0. The van der Waals surface area contributed by atoms with Crippen LogP contribution >= 0.6 is 23.4 Å². The summed E-state index contributed by atoms with van der Waals surface area (Å²) in [6.07, 6.45) is 1.89. The van der Waals surface area contributed by atoms with E-state index in [9.17, 15) is 9.90 Å². The van der Waals surface area contributed by atoms with Gasteiger partial charge >= 0.3 is 0 Å². The van der Waals surface area contributed by atoms with Crippen molar-refractivity contribution < 1.29 is 5.11 Å². The van der Waals surface area contributed by atoms with Crippen LogP contribution in [-0.2, 0) is 6.42 Å². The molecule has 0 saturated heterocycles. The molecule has 0 atom stereocenters. The molecule has 0 bridgehead atoms. The summed E-state index contributed by atoms with van der Waals surface area (Å²) in [5.74, 6) is 0.801.